The maximum absolute atomic E-state index is 13.3. The molecule has 1 heterocycles. The average Bonchev–Trinajstić information content (AvgIpc) is 2.88. The highest BCUT2D eigenvalue weighted by atomic mass is 19.2. The number of benzene rings is 1. The Morgan fingerprint density at radius 1 is 1.21 bits per heavy atom. The van der Waals surface area contributed by atoms with Crippen LogP contribution in [0.3, 0.4) is 0 Å². The molecule has 0 aliphatic carbocycles. The van der Waals surface area contributed by atoms with Crippen LogP contribution in [0.15, 0.2) is 30.6 Å². The van der Waals surface area contributed by atoms with Crippen molar-refractivity contribution >= 4 is 0 Å². The Morgan fingerprint density at radius 3 is 2.58 bits per heavy atom. The van der Waals surface area contributed by atoms with Crippen molar-refractivity contribution in [3.05, 3.63) is 53.4 Å². The van der Waals surface area contributed by atoms with Gasteiger partial charge in [0.05, 0.1) is 12.2 Å². The molecule has 0 saturated heterocycles. The number of hydrogen-bond acceptors (Lipinski definition) is 2. The van der Waals surface area contributed by atoms with Crippen molar-refractivity contribution < 1.29 is 8.78 Å². The zero-order chi connectivity index (χ0) is 13.8. The average molecular weight is 265 g/mol. The van der Waals surface area contributed by atoms with E-state index in [0.717, 1.165) is 24.7 Å². The maximum atomic E-state index is 13.3. The summed E-state index contributed by atoms with van der Waals surface area (Å²) in [5.41, 5.74) is 1.63. The quantitative estimate of drug-likeness (QED) is 0.901. The highest BCUT2D eigenvalue weighted by Gasteiger charge is 2.16. The van der Waals surface area contributed by atoms with E-state index in [1.54, 1.807) is 16.9 Å². The van der Waals surface area contributed by atoms with E-state index in [1.807, 2.05) is 20.0 Å². The highest BCUT2D eigenvalue weighted by molar-refractivity contribution is 5.30. The molecule has 1 unspecified atom stereocenters. The zero-order valence-corrected chi connectivity index (χ0v) is 11.0. The van der Waals surface area contributed by atoms with Crippen molar-refractivity contribution in [1.82, 2.24) is 15.1 Å². The van der Waals surface area contributed by atoms with Crippen molar-refractivity contribution in [2.24, 2.45) is 0 Å². The number of hydrogen-bond donors (Lipinski definition) is 1. The van der Waals surface area contributed by atoms with Crippen LogP contribution in [0.25, 0.3) is 0 Å². The first-order valence-corrected chi connectivity index (χ1v) is 6.36. The molecule has 0 bridgehead atoms. The molecule has 5 heteroatoms. The van der Waals surface area contributed by atoms with Gasteiger partial charge in [0.25, 0.3) is 0 Å². The van der Waals surface area contributed by atoms with E-state index < -0.39 is 11.6 Å². The highest BCUT2D eigenvalue weighted by Crippen LogP contribution is 2.23. The lowest BCUT2D eigenvalue weighted by Crippen LogP contribution is -2.21. The second kappa shape index (κ2) is 5.93. The molecular formula is C14H17F2N3. The van der Waals surface area contributed by atoms with Crippen LogP contribution >= 0.6 is 0 Å². The normalized spacial score (nSPS) is 12.6. The van der Waals surface area contributed by atoms with Gasteiger partial charge in [-0.3, -0.25) is 4.68 Å². The van der Waals surface area contributed by atoms with Crippen molar-refractivity contribution in [2.75, 3.05) is 6.54 Å². The van der Waals surface area contributed by atoms with Crippen LogP contribution in [0, 0.1) is 11.6 Å². The Morgan fingerprint density at radius 2 is 2.00 bits per heavy atom. The number of nitrogens with one attached hydrogen (secondary N) is 1. The van der Waals surface area contributed by atoms with Gasteiger partial charge < -0.3 is 5.32 Å². The third-order valence-corrected chi connectivity index (χ3v) is 3.00. The predicted octanol–water partition coefficient (Wildman–Crippen LogP) is 2.88. The Hall–Kier alpha value is -1.75. The summed E-state index contributed by atoms with van der Waals surface area (Å²) in [7, 11) is 0. The van der Waals surface area contributed by atoms with Gasteiger partial charge in [0.15, 0.2) is 11.6 Å². The van der Waals surface area contributed by atoms with Crippen molar-refractivity contribution in [1.29, 1.82) is 0 Å². The zero-order valence-electron chi connectivity index (χ0n) is 11.0. The summed E-state index contributed by atoms with van der Waals surface area (Å²) in [6, 6.07) is 3.79. The lowest BCUT2D eigenvalue weighted by atomic mass is 10.0. The van der Waals surface area contributed by atoms with Gasteiger partial charge in [0.2, 0.25) is 0 Å². The van der Waals surface area contributed by atoms with Gasteiger partial charge >= 0.3 is 0 Å². The minimum atomic E-state index is -0.830. The standard InChI is InChI=1S/C14H17F2N3/c1-3-17-14(11-8-18-19(4-2)9-11)10-5-6-12(15)13(16)7-10/h5-9,14,17H,3-4H2,1-2H3. The SMILES string of the molecule is CCNC(c1ccc(F)c(F)c1)c1cnn(CC)c1. The summed E-state index contributed by atoms with van der Waals surface area (Å²) < 4.78 is 28.1. The molecule has 0 spiro atoms. The molecule has 102 valence electrons. The Labute approximate surface area is 111 Å². The Bertz CT molecular complexity index is 551. The summed E-state index contributed by atoms with van der Waals surface area (Å²) in [6.07, 6.45) is 3.66. The summed E-state index contributed by atoms with van der Waals surface area (Å²) in [4.78, 5) is 0. The van der Waals surface area contributed by atoms with Gasteiger partial charge in [-0.05, 0) is 31.2 Å². The summed E-state index contributed by atoms with van der Waals surface area (Å²) in [5, 5.41) is 7.47. The molecule has 0 amide bonds. The molecule has 2 aromatic rings. The maximum Gasteiger partial charge on any atom is 0.159 e. The van der Waals surface area contributed by atoms with Gasteiger partial charge in [-0.2, -0.15) is 5.10 Å². The molecule has 3 nitrogen and oxygen atoms in total. The predicted molar refractivity (Wildman–Crippen MR) is 69.8 cm³/mol. The van der Waals surface area contributed by atoms with Crippen LogP contribution in [-0.2, 0) is 6.54 Å². The van der Waals surface area contributed by atoms with Crippen LogP contribution in [0.5, 0.6) is 0 Å². The van der Waals surface area contributed by atoms with Gasteiger partial charge in [0, 0.05) is 18.3 Å². The van der Waals surface area contributed by atoms with Gasteiger partial charge in [-0.25, -0.2) is 8.78 Å². The minimum absolute atomic E-state index is 0.180. The fourth-order valence-corrected chi connectivity index (χ4v) is 2.03. The lowest BCUT2D eigenvalue weighted by Gasteiger charge is -2.17. The molecular weight excluding hydrogens is 248 g/mol. The monoisotopic (exact) mass is 265 g/mol. The summed E-state index contributed by atoms with van der Waals surface area (Å²) in [6.45, 7) is 5.46. The Kier molecular flexibility index (Phi) is 4.27. The fourth-order valence-electron chi connectivity index (χ4n) is 2.03. The molecule has 0 fully saturated rings. The number of aromatic nitrogens is 2. The van der Waals surface area contributed by atoms with Crippen LogP contribution in [0.2, 0.25) is 0 Å². The van der Waals surface area contributed by atoms with E-state index in [4.69, 9.17) is 0 Å². The van der Waals surface area contributed by atoms with Crippen molar-refractivity contribution in [3.8, 4) is 0 Å². The molecule has 0 aliphatic heterocycles. The van der Waals surface area contributed by atoms with E-state index in [2.05, 4.69) is 10.4 Å². The second-order valence-corrected chi connectivity index (χ2v) is 4.29. The minimum Gasteiger partial charge on any atom is -0.306 e. The molecule has 0 radical (unpaired) electrons. The molecule has 19 heavy (non-hydrogen) atoms. The second-order valence-electron chi connectivity index (χ2n) is 4.29. The molecule has 1 aromatic carbocycles. The Balaban J connectivity index is 2.35. The molecule has 1 atom stereocenters. The first-order valence-electron chi connectivity index (χ1n) is 6.36. The van der Waals surface area contributed by atoms with E-state index in [9.17, 15) is 8.78 Å². The molecule has 0 aliphatic rings. The van der Waals surface area contributed by atoms with E-state index >= 15 is 0 Å². The van der Waals surface area contributed by atoms with Crippen LogP contribution in [-0.4, -0.2) is 16.3 Å². The first-order chi connectivity index (χ1) is 9.15. The van der Waals surface area contributed by atoms with Crippen LogP contribution in [0.4, 0.5) is 8.78 Å². The van der Waals surface area contributed by atoms with Crippen LogP contribution in [0.1, 0.15) is 31.0 Å². The third kappa shape index (κ3) is 2.98. The largest absolute Gasteiger partial charge is 0.306 e. The lowest BCUT2D eigenvalue weighted by molar-refractivity contribution is 0.504. The summed E-state index contributed by atoms with van der Waals surface area (Å²) >= 11 is 0. The van der Waals surface area contributed by atoms with E-state index in [1.165, 1.54) is 6.07 Å². The molecule has 0 saturated carbocycles. The van der Waals surface area contributed by atoms with Crippen molar-refractivity contribution in [2.45, 2.75) is 26.4 Å². The van der Waals surface area contributed by atoms with E-state index in [0.29, 0.717) is 5.56 Å². The summed E-state index contributed by atoms with van der Waals surface area (Å²) in [5.74, 6) is -1.66. The molecule has 1 aromatic heterocycles. The van der Waals surface area contributed by atoms with Gasteiger partial charge in [-0.1, -0.05) is 13.0 Å². The van der Waals surface area contributed by atoms with Gasteiger partial charge in [-0.15, -0.1) is 0 Å². The van der Waals surface area contributed by atoms with Crippen LogP contribution < -0.4 is 5.32 Å². The first kappa shape index (κ1) is 13.7. The smallest absolute Gasteiger partial charge is 0.159 e. The van der Waals surface area contributed by atoms with E-state index in [-0.39, 0.29) is 6.04 Å². The topological polar surface area (TPSA) is 29.9 Å². The molecule has 2 rings (SSSR count). The number of aryl methyl sites for hydroxylation is 1. The number of halogens is 2. The van der Waals surface area contributed by atoms with Gasteiger partial charge in [0.1, 0.15) is 0 Å². The van der Waals surface area contributed by atoms with Crippen molar-refractivity contribution in [3.63, 3.8) is 0 Å². The third-order valence-electron chi connectivity index (χ3n) is 3.00. The number of rotatable bonds is 5. The number of nitrogens with zero attached hydrogens (tertiary/aromatic N) is 2. The molecule has 1 N–H and O–H groups in total. The fraction of sp³-hybridized carbons (Fsp3) is 0.357.